The molecule has 0 spiro atoms. The highest BCUT2D eigenvalue weighted by molar-refractivity contribution is 4.82. The normalized spacial score (nSPS) is 16.5. The molecule has 1 heteroatoms. The van der Waals surface area contributed by atoms with Crippen LogP contribution < -0.4 is 0 Å². The van der Waals surface area contributed by atoms with Gasteiger partial charge in [0, 0.05) is 0 Å². The van der Waals surface area contributed by atoms with Crippen molar-refractivity contribution in [1.29, 1.82) is 0 Å². The largest absolute Gasteiger partial charge is 0.389 e. The van der Waals surface area contributed by atoms with E-state index in [0.717, 1.165) is 12.3 Å². The third-order valence-electron chi connectivity index (χ3n) is 2.02. The van der Waals surface area contributed by atoms with Crippen LogP contribution in [0.3, 0.4) is 0 Å². The molecule has 0 aromatic rings. The molecule has 0 rings (SSSR count). The third-order valence-corrected chi connectivity index (χ3v) is 2.02. The van der Waals surface area contributed by atoms with Crippen molar-refractivity contribution >= 4 is 0 Å². The van der Waals surface area contributed by atoms with E-state index >= 15 is 0 Å². The summed E-state index contributed by atoms with van der Waals surface area (Å²) in [7, 11) is 0. The summed E-state index contributed by atoms with van der Waals surface area (Å²) < 4.78 is 0. The van der Waals surface area contributed by atoms with E-state index in [1.54, 1.807) is 6.08 Å². The Hall–Kier alpha value is -0.300. The quantitative estimate of drug-likeness (QED) is 0.607. The molecule has 2 unspecified atom stereocenters. The summed E-state index contributed by atoms with van der Waals surface area (Å²) >= 11 is 0. The lowest BCUT2D eigenvalue weighted by Crippen LogP contribution is -2.14. The fraction of sp³-hybridized carbons (Fsp3) is 0.800. The lowest BCUT2D eigenvalue weighted by atomic mass is 9.95. The molecule has 0 saturated carbocycles. The molecule has 0 aliphatic carbocycles. The van der Waals surface area contributed by atoms with E-state index in [9.17, 15) is 5.11 Å². The second-order valence-electron chi connectivity index (χ2n) is 3.67. The molecular weight excluding hydrogens is 136 g/mol. The zero-order valence-electron chi connectivity index (χ0n) is 7.88. The first-order valence-corrected chi connectivity index (χ1v) is 4.38. The van der Waals surface area contributed by atoms with E-state index in [1.807, 2.05) is 0 Å². The Morgan fingerprint density at radius 3 is 2.18 bits per heavy atom. The number of aliphatic hydroxyl groups excluding tert-OH is 1. The summed E-state index contributed by atoms with van der Waals surface area (Å²) in [6.45, 7) is 10.0. The first-order valence-electron chi connectivity index (χ1n) is 4.38. The highest BCUT2D eigenvalue weighted by Gasteiger charge is 2.10. The molecule has 0 aliphatic rings. The number of hydrogen-bond donors (Lipinski definition) is 1. The van der Waals surface area contributed by atoms with Gasteiger partial charge in [-0.05, 0) is 18.3 Å². The molecule has 2 atom stereocenters. The third kappa shape index (κ3) is 5.02. The molecule has 0 aromatic heterocycles. The minimum absolute atomic E-state index is 0.325. The molecule has 11 heavy (non-hydrogen) atoms. The van der Waals surface area contributed by atoms with Crippen molar-refractivity contribution in [1.82, 2.24) is 0 Å². The lowest BCUT2D eigenvalue weighted by Gasteiger charge is -2.15. The van der Waals surface area contributed by atoms with Crippen molar-refractivity contribution in [2.45, 2.75) is 39.7 Å². The second-order valence-corrected chi connectivity index (χ2v) is 3.67. The van der Waals surface area contributed by atoms with E-state index in [1.165, 1.54) is 6.42 Å². The SMILES string of the molecule is C=CC(O)C(C)CCC(C)C. The molecule has 0 aromatic carbocycles. The Bertz CT molecular complexity index is 107. The smallest absolute Gasteiger partial charge is 0.0743 e. The van der Waals surface area contributed by atoms with Crippen LogP contribution in [0.5, 0.6) is 0 Å². The highest BCUT2D eigenvalue weighted by Crippen LogP contribution is 2.15. The summed E-state index contributed by atoms with van der Waals surface area (Å²) in [4.78, 5) is 0. The van der Waals surface area contributed by atoms with Gasteiger partial charge in [-0.1, -0.05) is 33.3 Å². The standard InChI is InChI=1S/C10H20O/c1-5-10(11)9(4)7-6-8(2)3/h5,8-11H,1,6-7H2,2-4H3. The summed E-state index contributed by atoms with van der Waals surface area (Å²) in [5.41, 5.74) is 0. The van der Waals surface area contributed by atoms with Gasteiger partial charge in [-0.3, -0.25) is 0 Å². The monoisotopic (exact) mass is 156 g/mol. The van der Waals surface area contributed by atoms with Crippen LogP contribution in [-0.4, -0.2) is 11.2 Å². The van der Waals surface area contributed by atoms with Gasteiger partial charge >= 0.3 is 0 Å². The molecule has 0 radical (unpaired) electrons. The average molecular weight is 156 g/mol. The molecule has 0 heterocycles. The first kappa shape index (κ1) is 10.7. The van der Waals surface area contributed by atoms with Crippen LogP contribution in [0.4, 0.5) is 0 Å². The Balaban J connectivity index is 3.51. The molecule has 0 saturated heterocycles. The minimum Gasteiger partial charge on any atom is -0.389 e. The molecular formula is C10H20O. The van der Waals surface area contributed by atoms with Crippen LogP contribution in [0.25, 0.3) is 0 Å². The lowest BCUT2D eigenvalue weighted by molar-refractivity contribution is 0.153. The summed E-state index contributed by atoms with van der Waals surface area (Å²) in [6.07, 6.45) is 3.57. The number of hydrogen-bond acceptors (Lipinski definition) is 1. The van der Waals surface area contributed by atoms with Gasteiger partial charge in [0.05, 0.1) is 6.10 Å². The van der Waals surface area contributed by atoms with Gasteiger partial charge < -0.3 is 5.11 Å². The molecule has 1 nitrogen and oxygen atoms in total. The molecule has 0 aliphatic heterocycles. The van der Waals surface area contributed by atoms with Crippen molar-refractivity contribution in [2.75, 3.05) is 0 Å². The Labute approximate surface area is 70.1 Å². The van der Waals surface area contributed by atoms with Gasteiger partial charge in [0.15, 0.2) is 0 Å². The van der Waals surface area contributed by atoms with Gasteiger partial charge in [0.25, 0.3) is 0 Å². The average Bonchev–Trinajstić information content (AvgIpc) is 1.98. The van der Waals surface area contributed by atoms with Crippen molar-refractivity contribution in [3.63, 3.8) is 0 Å². The van der Waals surface area contributed by atoms with E-state index in [4.69, 9.17) is 0 Å². The van der Waals surface area contributed by atoms with Gasteiger partial charge in [-0.2, -0.15) is 0 Å². The molecule has 0 fully saturated rings. The Morgan fingerprint density at radius 1 is 1.27 bits per heavy atom. The maximum Gasteiger partial charge on any atom is 0.0743 e. The highest BCUT2D eigenvalue weighted by atomic mass is 16.3. The maximum absolute atomic E-state index is 9.32. The molecule has 0 amide bonds. The fourth-order valence-electron chi connectivity index (χ4n) is 0.999. The van der Waals surface area contributed by atoms with E-state index in [-0.39, 0.29) is 6.10 Å². The van der Waals surface area contributed by atoms with E-state index < -0.39 is 0 Å². The molecule has 1 N–H and O–H groups in total. The Kier molecular flexibility index (Phi) is 5.22. The van der Waals surface area contributed by atoms with Crippen LogP contribution in [0, 0.1) is 11.8 Å². The summed E-state index contributed by atoms with van der Waals surface area (Å²) in [6, 6.07) is 0. The van der Waals surface area contributed by atoms with Crippen molar-refractivity contribution in [3.8, 4) is 0 Å². The van der Waals surface area contributed by atoms with Crippen LogP contribution >= 0.6 is 0 Å². The van der Waals surface area contributed by atoms with Crippen LogP contribution in [0.2, 0.25) is 0 Å². The summed E-state index contributed by atoms with van der Waals surface area (Å²) in [5.74, 6) is 1.09. The van der Waals surface area contributed by atoms with Crippen molar-refractivity contribution < 1.29 is 5.11 Å². The second kappa shape index (κ2) is 5.36. The van der Waals surface area contributed by atoms with Crippen LogP contribution in [0.1, 0.15) is 33.6 Å². The molecule has 66 valence electrons. The zero-order chi connectivity index (χ0) is 8.85. The summed E-state index contributed by atoms with van der Waals surface area (Å²) in [5, 5.41) is 9.32. The van der Waals surface area contributed by atoms with Gasteiger partial charge in [0.2, 0.25) is 0 Å². The van der Waals surface area contributed by atoms with Crippen molar-refractivity contribution in [2.24, 2.45) is 11.8 Å². The maximum atomic E-state index is 9.32. The van der Waals surface area contributed by atoms with Crippen molar-refractivity contribution in [3.05, 3.63) is 12.7 Å². The van der Waals surface area contributed by atoms with E-state index in [0.29, 0.717) is 5.92 Å². The van der Waals surface area contributed by atoms with Gasteiger partial charge in [-0.25, -0.2) is 0 Å². The zero-order valence-corrected chi connectivity index (χ0v) is 7.88. The first-order chi connectivity index (χ1) is 5.07. The predicted octanol–water partition coefficient (Wildman–Crippen LogP) is 2.61. The topological polar surface area (TPSA) is 20.2 Å². The van der Waals surface area contributed by atoms with Gasteiger partial charge in [-0.15, -0.1) is 6.58 Å². The fourth-order valence-corrected chi connectivity index (χ4v) is 0.999. The van der Waals surface area contributed by atoms with Crippen LogP contribution in [0.15, 0.2) is 12.7 Å². The Morgan fingerprint density at radius 2 is 1.82 bits per heavy atom. The number of rotatable bonds is 5. The number of aliphatic hydroxyl groups is 1. The molecule has 0 bridgehead atoms. The predicted molar refractivity (Wildman–Crippen MR) is 49.4 cm³/mol. The van der Waals surface area contributed by atoms with Gasteiger partial charge in [0.1, 0.15) is 0 Å². The minimum atomic E-state index is -0.325. The van der Waals surface area contributed by atoms with Crippen LogP contribution in [-0.2, 0) is 0 Å². The van der Waals surface area contributed by atoms with E-state index in [2.05, 4.69) is 27.4 Å².